The number of carbonyl (C=O) groups excluding carboxylic acids is 1. The Hall–Kier alpha value is -2.44. The van der Waals surface area contributed by atoms with Crippen LogP contribution in [-0.4, -0.2) is 42.3 Å². The SMILES string of the molecule is O=C(NC1CC(c2ccccc2)C1)c1ccc(=O)n(C[C@H]2COCCN2)c1. The second-order valence-electron chi connectivity index (χ2n) is 7.38. The number of morpholine rings is 1. The summed E-state index contributed by atoms with van der Waals surface area (Å²) in [4.78, 5) is 24.7. The van der Waals surface area contributed by atoms with Gasteiger partial charge in [-0.3, -0.25) is 9.59 Å². The summed E-state index contributed by atoms with van der Waals surface area (Å²) < 4.78 is 7.03. The smallest absolute Gasteiger partial charge is 0.252 e. The molecule has 6 nitrogen and oxygen atoms in total. The molecule has 0 radical (unpaired) electrons. The van der Waals surface area contributed by atoms with Gasteiger partial charge in [0.25, 0.3) is 11.5 Å². The van der Waals surface area contributed by atoms with E-state index in [0.717, 1.165) is 19.4 Å². The lowest BCUT2D eigenvalue weighted by Gasteiger charge is -2.36. The summed E-state index contributed by atoms with van der Waals surface area (Å²) >= 11 is 0. The summed E-state index contributed by atoms with van der Waals surface area (Å²) in [5, 5.41) is 6.42. The quantitative estimate of drug-likeness (QED) is 0.840. The van der Waals surface area contributed by atoms with Gasteiger partial charge in [-0.1, -0.05) is 30.3 Å². The number of aromatic nitrogens is 1. The van der Waals surface area contributed by atoms with Crippen molar-refractivity contribution in [3.63, 3.8) is 0 Å². The van der Waals surface area contributed by atoms with Crippen LogP contribution in [0.3, 0.4) is 0 Å². The minimum atomic E-state index is -0.117. The minimum absolute atomic E-state index is 0.0908. The van der Waals surface area contributed by atoms with Gasteiger partial charge in [0.2, 0.25) is 0 Å². The Bertz CT molecular complexity index is 837. The molecule has 2 N–H and O–H groups in total. The fraction of sp³-hybridized carbons (Fsp3) is 0.429. The molecule has 2 heterocycles. The monoisotopic (exact) mass is 367 g/mol. The lowest BCUT2D eigenvalue weighted by atomic mass is 9.76. The maximum Gasteiger partial charge on any atom is 0.252 e. The van der Waals surface area contributed by atoms with Gasteiger partial charge >= 0.3 is 0 Å². The Kier molecular flexibility index (Phi) is 5.36. The second kappa shape index (κ2) is 8.06. The number of amides is 1. The van der Waals surface area contributed by atoms with Crippen LogP contribution in [-0.2, 0) is 11.3 Å². The van der Waals surface area contributed by atoms with Crippen LogP contribution in [0.25, 0.3) is 0 Å². The van der Waals surface area contributed by atoms with Gasteiger partial charge in [0.1, 0.15) is 0 Å². The van der Waals surface area contributed by atoms with E-state index in [1.54, 1.807) is 16.8 Å². The van der Waals surface area contributed by atoms with Gasteiger partial charge in [-0.05, 0) is 30.4 Å². The van der Waals surface area contributed by atoms with Crippen molar-refractivity contribution >= 4 is 5.91 Å². The van der Waals surface area contributed by atoms with Gasteiger partial charge in [0, 0.05) is 37.4 Å². The van der Waals surface area contributed by atoms with Crippen molar-refractivity contribution < 1.29 is 9.53 Å². The summed E-state index contributed by atoms with van der Waals surface area (Å²) in [7, 11) is 0. The number of nitrogens with zero attached hydrogens (tertiary/aromatic N) is 1. The van der Waals surface area contributed by atoms with E-state index in [1.165, 1.54) is 11.6 Å². The maximum absolute atomic E-state index is 12.6. The second-order valence-corrected chi connectivity index (χ2v) is 7.38. The molecule has 1 aliphatic carbocycles. The van der Waals surface area contributed by atoms with Crippen molar-refractivity contribution in [1.29, 1.82) is 0 Å². The van der Waals surface area contributed by atoms with E-state index < -0.39 is 0 Å². The van der Waals surface area contributed by atoms with Crippen LogP contribution in [0, 0.1) is 0 Å². The highest BCUT2D eigenvalue weighted by Gasteiger charge is 2.31. The summed E-state index contributed by atoms with van der Waals surface area (Å²) in [6.07, 6.45) is 3.57. The Morgan fingerprint density at radius 1 is 1.19 bits per heavy atom. The Balaban J connectivity index is 1.35. The first-order chi connectivity index (χ1) is 13.2. The molecule has 2 fully saturated rings. The average molecular weight is 367 g/mol. The largest absolute Gasteiger partial charge is 0.378 e. The van der Waals surface area contributed by atoms with Crippen LogP contribution in [0.15, 0.2) is 53.5 Å². The lowest BCUT2D eigenvalue weighted by Crippen LogP contribution is -2.45. The highest BCUT2D eigenvalue weighted by atomic mass is 16.5. The van der Waals surface area contributed by atoms with Crippen molar-refractivity contribution in [1.82, 2.24) is 15.2 Å². The molecule has 0 unspecified atom stereocenters. The van der Waals surface area contributed by atoms with E-state index >= 15 is 0 Å². The standard InChI is InChI=1S/C21H25N3O3/c25-20-7-6-16(12-24(20)13-19-14-27-9-8-22-19)21(26)23-18-10-17(11-18)15-4-2-1-3-5-15/h1-7,12,17-19,22H,8-11,13-14H2,(H,23,26)/t17?,18?,19-/m0/s1. The number of hydrogen-bond donors (Lipinski definition) is 2. The molecule has 0 bridgehead atoms. The van der Waals surface area contributed by atoms with Gasteiger partial charge in [0.15, 0.2) is 0 Å². The molecule has 2 aliphatic rings. The van der Waals surface area contributed by atoms with Gasteiger partial charge in [0.05, 0.1) is 18.8 Å². The van der Waals surface area contributed by atoms with Gasteiger partial charge in [-0.2, -0.15) is 0 Å². The van der Waals surface area contributed by atoms with Crippen LogP contribution in [0.4, 0.5) is 0 Å². The number of benzene rings is 1. The van der Waals surface area contributed by atoms with E-state index in [4.69, 9.17) is 4.74 Å². The van der Waals surface area contributed by atoms with Crippen molar-refractivity contribution in [3.8, 4) is 0 Å². The van der Waals surface area contributed by atoms with Crippen LogP contribution < -0.4 is 16.2 Å². The van der Waals surface area contributed by atoms with Crippen LogP contribution in [0.2, 0.25) is 0 Å². The lowest BCUT2D eigenvalue weighted by molar-refractivity contribution is 0.0710. The van der Waals surface area contributed by atoms with E-state index in [-0.39, 0.29) is 23.6 Å². The minimum Gasteiger partial charge on any atom is -0.378 e. The first-order valence-corrected chi connectivity index (χ1v) is 9.56. The highest BCUT2D eigenvalue weighted by Crippen LogP contribution is 2.36. The predicted molar refractivity (Wildman–Crippen MR) is 103 cm³/mol. The van der Waals surface area contributed by atoms with Crippen LogP contribution >= 0.6 is 0 Å². The molecular formula is C21H25N3O3. The average Bonchev–Trinajstić information content (AvgIpc) is 2.67. The molecule has 27 heavy (non-hydrogen) atoms. The normalized spacial score (nSPS) is 24.8. The molecule has 1 amide bonds. The van der Waals surface area contributed by atoms with Gasteiger partial charge < -0.3 is 19.9 Å². The van der Waals surface area contributed by atoms with Crippen LogP contribution in [0.5, 0.6) is 0 Å². The van der Waals surface area contributed by atoms with E-state index in [9.17, 15) is 9.59 Å². The third kappa shape index (κ3) is 4.28. The Labute approximate surface area is 158 Å². The van der Waals surface area contributed by atoms with Crippen molar-refractivity contribution in [2.24, 2.45) is 0 Å². The number of hydrogen-bond acceptors (Lipinski definition) is 4. The molecule has 0 spiro atoms. The van der Waals surface area contributed by atoms with Crippen molar-refractivity contribution in [3.05, 3.63) is 70.1 Å². The van der Waals surface area contributed by atoms with Crippen LogP contribution in [0.1, 0.15) is 34.7 Å². The molecule has 1 saturated heterocycles. The zero-order chi connectivity index (χ0) is 18.6. The van der Waals surface area contributed by atoms with Crippen molar-refractivity contribution in [2.75, 3.05) is 19.8 Å². The topological polar surface area (TPSA) is 72.4 Å². The summed E-state index contributed by atoms with van der Waals surface area (Å²) in [6, 6.07) is 13.8. The molecular weight excluding hydrogens is 342 g/mol. The first kappa shape index (κ1) is 17.9. The molecule has 4 rings (SSSR count). The van der Waals surface area contributed by atoms with E-state index in [1.807, 2.05) is 6.07 Å². The molecule has 1 saturated carbocycles. The maximum atomic E-state index is 12.6. The molecule has 1 aromatic heterocycles. The summed E-state index contributed by atoms with van der Waals surface area (Å²) in [6.45, 7) is 2.55. The third-order valence-electron chi connectivity index (χ3n) is 5.41. The summed E-state index contributed by atoms with van der Waals surface area (Å²) in [5.41, 5.74) is 1.75. The summed E-state index contributed by atoms with van der Waals surface area (Å²) in [5.74, 6) is 0.399. The number of ether oxygens (including phenoxy) is 1. The molecule has 142 valence electrons. The third-order valence-corrected chi connectivity index (χ3v) is 5.41. The zero-order valence-corrected chi connectivity index (χ0v) is 15.3. The fourth-order valence-electron chi connectivity index (χ4n) is 3.78. The predicted octanol–water partition coefficient (Wildman–Crippen LogP) is 1.51. The Morgan fingerprint density at radius 2 is 2.00 bits per heavy atom. The zero-order valence-electron chi connectivity index (χ0n) is 15.3. The molecule has 2 aromatic rings. The van der Waals surface area contributed by atoms with Crippen molar-refractivity contribution in [2.45, 2.75) is 37.4 Å². The van der Waals surface area contributed by atoms with E-state index in [0.29, 0.717) is 31.2 Å². The van der Waals surface area contributed by atoms with Gasteiger partial charge in [-0.15, -0.1) is 0 Å². The number of pyridine rings is 1. The fourth-order valence-corrected chi connectivity index (χ4v) is 3.78. The molecule has 6 heteroatoms. The van der Waals surface area contributed by atoms with Gasteiger partial charge in [-0.25, -0.2) is 0 Å². The number of rotatable bonds is 5. The highest BCUT2D eigenvalue weighted by molar-refractivity contribution is 5.94. The Morgan fingerprint density at radius 3 is 2.74 bits per heavy atom. The van der Waals surface area contributed by atoms with E-state index in [2.05, 4.69) is 34.9 Å². The first-order valence-electron chi connectivity index (χ1n) is 9.56. The molecule has 1 aromatic carbocycles. The molecule has 1 atom stereocenters. The number of carbonyl (C=O) groups is 1. The number of nitrogens with one attached hydrogen (secondary N) is 2. The molecule has 1 aliphatic heterocycles.